The first-order valence-electron chi connectivity index (χ1n) is 19.0. The monoisotopic (exact) mass is 694 g/mol. The van der Waals surface area contributed by atoms with Gasteiger partial charge in [-0.15, -0.1) is 11.3 Å². The second kappa shape index (κ2) is 11.7. The number of pyridine rings is 2. The van der Waals surface area contributed by atoms with Gasteiger partial charge >= 0.3 is 0 Å². The average Bonchev–Trinajstić information content (AvgIpc) is 3.58. The predicted molar refractivity (Wildman–Crippen MR) is 217 cm³/mol. The molecule has 6 nitrogen and oxygen atoms in total. The Bertz CT molecular complexity index is 2850. The Labute approximate surface area is 298 Å². The van der Waals surface area contributed by atoms with Gasteiger partial charge in [-0.1, -0.05) is 66.0 Å². The van der Waals surface area contributed by atoms with Crippen LogP contribution in [0.3, 0.4) is 0 Å². The average molecular weight is 695 g/mol. The third-order valence-corrected chi connectivity index (χ3v) is 13.3. The molecular weight excluding hydrogens is 653 g/mol. The molecule has 0 amide bonds. The van der Waals surface area contributed by atoms with Crippen molar-refractivity contribution in [1.29, 1.82) is 0 Å². The zero-order valence-electron chi connectivity index (χ0n) is 30.0. The number of thiophene rings is 1. The molecule has 0 bridgehead atoms. The summed E-state index contributed by atoms with van der Waals surface area (Å²) >= 11 is 1.79. The third-order valence-electron chi connectivity index (χ3n) is 12.1. The van der Waals surface area contributed by atoms with Crippen LogP contribution in [0.5, 0.6) is 0 Å². The fourth-order valence-electron chi connectivity index (χ4n) is 9.55. The first kappa shape index (κ1) is 32.3. The molecule has 9 rings (SSSR count). The Kier molecular flexibility index (Phi) is 7.41. The number of benzene rings is 6. The summed E-state index contributed by atoms with van der Waals surface area (Å²) < 4.78 is 4.11. The quantitative estimate of drug-likeness (QED) is 0.0767. The second-order valence-corrected chi connectivity index (χ2v) is 15.8. The van der Waals surface area contributed by atoms with Gasteiger partial charge in [-0.05, 0) is 101 Å². The number of aryl methyl sites for hydroxylation is 1. The van der Waals surface area contributed by atoms with Crippen molar-refractivity contribution in [2.24, 2.45) is 0 Å². The topological polar surface area (TPSA) is 78.1 Å². The minimum atomic E-state index is -0.233. The van der Waals surface area contributed by atoms with Crippen LogP contribution >= 0.6 is 11.3 Å². The SMILES string of the molecule is CCCCCCc1cc2c3cc4c(=O)n(C(CC)CC)c(=O)c5ccc6c7ccc8c(=O)n(C(CC)CC)c(=O)c9cc(c2s1)c(c7c89)c3c6c54. The zero-order valence-corrected chi connectivity index (χ0v) is 30.8. The Balaban J connectivity index is 1.55. The van der Waals surface area contributed by atoms with Gasteiger partial charge < -0.3 is 0 Å². The van der Waals surface area contributed by atoms with Crippen molar-refractivity contribution in [3.05, 3.63) is 88.8 Å². The lowest BCUT2D eigenvalue weighted by Gasteiger charge is -2.23. The first-order chi connectivity index (χ1) is 24.8. The molecular formula is C44H42N2O4S. The van der Waals surface area contributed by atoms with Gasteiger partial charge in [0.2, 0.25) is 0 Å². The van der Waals surface area contributed by atoms with E-state index >= 15 is 0 Å². The molecule has 0 radical (unpaired) electrons. The summed E-state index contributed by atoms with van der Waals surface area (Å²) in [5.74, 6) is 0. The fraction of sp³-hybridized carbons (Fsp3) is 0.364. The highest BCUT2D eigenvalue weighted by Gasteiger charge is 2.29. The lowest BCUT2D eigenvalue weighted by molar-refractivity contribution is 0.451. The summed E-state index contributed by atoms with van der Waals surface area (Å²) in [5, 5.41) is 12.6. The van der Waals surface area contributed by atoms with E-state index < -0.39 is 0 Å². The van der Waals surface area contributed by atoms with E-state index in [1.807, 2.05) is 52.0 Å². The molecule has 0 fully saturated rings. The Hall–Kier alpha value is -4.62. The summed E-state index contributed by atoms with van der Waals surface area (Å²) in [5.41, 5.74) is -0.914. The molecule has 0 aliphatic carbocycles. The van der Waals surface area contributed by atoms with E-state index in [2.05, 4.69) is 25.1 Å². The van der Waals surface area contributed by atoms with Crippen LogP contribution in [-0.2, 0) is 6.42 Å². The molecule has 51 heavy (non-hydrogen) atoms. The molecule has 0 saturated carbocycles. The van der Waals surface area contributed by atoms with Gasteiger partial charge in [0.15, 0.2) is 0 Å². The minimum absolute atomic E-state index is 0.179. The minimum Gasteiger partial charge on any atom is -0.271 e. The van der Waals surface area contributed by atoms with E-state index in [1.54, 1.807) is 11.3 Å². The normalized spacial score (nSPS) is 13.0. The highest BCUT2D eigenvalue weighted by atomic mass is 32.1. The summed E-state index contributed by atoms with van der Waals surface area (Å²) in [6.45, 7) is 10.4. The lowest BCUT2D eigenvalue weighted by Crippen LogP contribution is -2.36. The predicted octanol–water partition coefficient (Wildman–Crippen LogP) is 10.6. The van der Waals surface area contributed by atoms with Gasteiger partial charge in [0.05, 0.1) is 0 Å². The lowest BCUT2D eigenvalue weighted by atomic mass is 9.82. The van der Waals surface area contributed by atoms with Gasteiger partial charge in [-0.3, -0.25) is 28.3 Å². The van der Waals surface area contributed by atoms with Crippen LogP contribution in [0.4, 0.5) is 0 Å². The molecule has 0 aliphatic heterocycles. The molecule has 0 atom stereocenters. The van der Waals surface area contributed by atoms with Crippen LogP contribution in [0.1, 0.15) is 103 Å². The van der Waals surface area contributed by atoms with E-state index in [9.17, 15) is 19.2 Å². The number of hydrogen-bond donors (Lipinski definition) is 0. The molecule has 9 aromatic rings. The van der Waals surface area contributed by atoms with Crippen molar-refractivity contribution in [2.75, 3.05) is 0 Å². The number of nitrogens with zero attached hydrogens (tertiary/aromatic N) is 2. The van der Waals surface area contributed by atoms with E-state index in [-0.39, 0.29) is 34.3 Å². The van der Waals surface area contributed by atoms with Gasteiger partial charge in [0.25, 0.3) is 22.2 Å². The maximum absolute atomic E-state index is 14.5. The maximum Gasteiger partial charge on any atom is 0.261 e. The van der Waals surface area contributed by atoms with Crippen molar-refractivity contribution >= 4 is 96.8 Å². The Morgan fingerprint density at radius 3 is 1.43 bits per heavy atom. The molecule has 6 aromatic carbocycles. The highest BCUT2D eigenvalue weighted by Crippen LogP contribution is 2.52. The van der Waals surface area contributed by atoms with E-state index in [0.717, 1.165) is 76.8 Å². The van der Waals surface area contributed by atoms with Gasteiger partial charge in [-0.25, -0.2) is 0 Å². The summed E-state index contributed by atoms with van der Waals surface area (Å²) in [4.78, 5) is 58.8. The van der Waals surface area contributed by atoms with Gasteiger partial charge in [-0.2, -0.15) is 0 Å². The number of unbranched alkanes of at least 4 members (excludes halogenated alkanes) is 3. The van der Waals surface area contributed by atoms with Crippen LogP contribution in [0.15, 0.2) is 61.6 Å². The number of rotatable bonds is 11. The van der Waals surface area contributed by atoms with Crippen LogP contribution in [0, 0.1) is 0 Å². The molecule has 0 N–H and O–H groups in total. The van der Waals surface area contributed by atoms with Crippen molar-refractivity contribution in [3.8, 4) is 0 Å². The largest absolute Gasteiger partial charge is 0.271 e. The highest BCUT2D eigenvalue weighted by molar-refractivity contribution is 7.20. The first-order valence-corrected chi connectivity index (χ1v) is 19.8. The molecule has 0 aliphatic rings. The van der Waals surface area contributed by atoms with Crippen molar-refractivity contribution in [1.82, 2.24) is 9.13 Å². The number of aromatic nitrogens is 2. The van der Waals surface area contributed by atoms with E-state index in [4.69, 9.17) is 0 Å². The summed E-state index contributed by atoms with van der Waals surface area (Å²) in [7, 11) is 0. The smallest absolute Gasteiger partial charge is 0.261 e. The fourth-order valence-corrected chi connectivity index (χ4v) is 10.8. The van der Waals surface area contributed by atoms with Crippen LogP contribution in [-0.4, -0.2) is 9.13 Å². The van der Waals surface area contributed by atoms with E-state index in [1.165, 1.54) is 33.3 Å². The molecule has 3 heterocycles. The van der Waals surface area contributed by atoms with Crippen molar-refractivity contribution in [3.63, 3.8) is 0 Å². The number of hydrogen-bond acceptors (Lipinski definition) is 5. The molecule has 7 heteroatoms. The zero-order chi connectivity index (χ0) is 35.5. The molecule has 258 valence electrons. The van der Waals surface area contributed by atoms with Crippen molar-refractivity contribution < 1.29 is 0 Å². The van der Waals surface area contributed by atoms with Gasteiger partial charge in [0, 0.05) is 70.1 Å². The summed E-state index contributed by atoms with van der Waals surface area (Å²) in [6, 6.07) is 13.9. The molecule has 0 unspecified atom stereocenters. The maximum atomic E-state index is 14.5. The molecule has 0 spiro atoms. The van der Waals surface area contributed by atoms with Crippen molar-refractivity contribution in [2.45, 2.75) is 104 Å². The number of fused-ring (bicyclic) bond motifs is 4. The standard InChI is InChI=1S/C44H42N2O4S/c1-6-11-12-13-14-24-19-30-29-20-32-34-27(41(47)45(43(32)49)22(7-2)8-3)17-15-25-26-16-18-28-35-33(44(50)46(42(28)48)23(9-4)10-5)21-31(40(30)51-24)39(37(26)35)38(29)36(25)34/h15-23H,6-14H2,1-5H3. The molecule has 0 saturated heterocycles. The Morgan fingerprint density at radius 2 is 0.922 bits per heavy atom. The summed E-state index contributed by atoms with van der Waals surface area (Å²) in [6.07, 6.45) is 8.42. The van der Waals surface area contributed by atoms with Gasteiger partial charge in [0.1, 0.15) is 0 Å². The van der Waals surface area contributed by atoms with Crippen LogP contribution in [0.25, 0.3) is 85.5 Å². The Morgan fingerprint density at radius 1 is 0.471 bits per heavy atom. The van der Waals surface area contributed by atoms with E-state index in [0.29, 0.717) is 47.2 Å². The second-order valence-electron chi connectivity index (χ2n) is 14.7. The molecule has 3 aromatic heterocycles. The van der Waals surface area contributed by atoms with Crippen LogP contribution < -0.4 is 22.2 Å². The third kappa shape index (κ3) is 4.15. The van der Waals surface area contributed by atoms with Crippen LogP contribution in [0.2, 0.25) is 0 Å².